The second-order valence-electron chi connectivity index (χ2n) is 4.91. The van der Waals surface area contributed by atoms with Crippen LogP contribution in [0.4, 0.5) is 0 Å². The first-order valence-electron chi connectivity index (χ1n) is 5.05. The van der Waals surface area contributed by atoms with Crippen LogP contribution in [0.1, 0.15) is 31.9 Å². The molecule has 1 aliphatic carbocycles. The van der Waals surface area contributed by atoms with Gasteiger partial charge in [0.05, 0.1) is 6.10 Å². The molecule has 0 bridgehead atoms. The van der Waals surface area contributed by atoms with Crippen molar-refractivity contribution in [1.29, 1.82) is 0 Å². The first kappa shape index (κ1) is 11.3. The molecule has 1 fully saturated rings. The summed E-state index contributed by atoms with van der Waals surface area (Å²) < 4.78 is 0. The SMILES string of the molecule is CC1(C)CC1C(O)c1ccc(Cl)cc1Cl. The zero-order chi connectivity index (χ0) is 11.2. The Morgan fingerprint density at radius 1 is 1.40 bits per heavy atom. The average Bonchev–Trinajstić information content (AvgIpc) is 2.74. The highest BCUT2D eigenvalue weighted by Gasteiger charge is 2.50. The van der Waals surface area contributed by atoms with Crippen molar-refractivity contribution in [2.45, 2.75) is 26.4 Å². The topological polar surface area (TPSA) is 20.2 Å². The molecule has 15 heavy (non-hydrogen) atoms. The number of aliphatic hydroxyl groups excluding tert-OH is 1. The first-order chi connectivity index (χ1) is 6.92. The van der Waals surface area contributed by atoms with Gasteiger partial charge in [0, 0.05) is 10.0 Å². The zero-order valence-electron chi connectivity index (χ0n) is 8.80. The number of benzene rings is 1. The predicted octanol–water partition coefficient (Wildman–Crippen LogP) is 4.07. The van der Waals surface area contributed by atoms with Crippen molar-refractivity contribution >= 4 is 23.2 Å². The third kappa shape index (κ3) is 2.15. The molecule has 0 saturated heterocycles. The van der Waals surface area contributed by atoms with E-state index >= 15 is 0 Å². The van der Waals surface area contributed by atoms with Gasteiger partial charge in [0.1, 0.15) is 0 Å². The Balaban J connectivity index is 2.23. The number of rotatable bonds is 2. The van der Waals surface area contributed by atoms with Crippen molar-refractivity contribution in [3.8, 4) is 0 Å². The van der Waals surface area contributed by atoms with E-state index in [1.165, 1.54) is 0 Å². The highest BCUT2D eigenvalue weighted by molar-refractivity contribution is 6.35. The molecule has 1 N–H and O–H groups in total. The average molecular weight is 245 g/mol. The summed E-state index contributed by atoms with van der Waals surface area (Å²) in [5.41, 5.74) is 1.03. The van der Waals surface area contributed by atoms with Crippen LogP contribution >= 0.6 is 23.2 Å². The standard InChI is InChI=1S/C12H14Cl2O/c1-12(2)6-9(12)11(15)8-4-3-7(13)5-10(8)14/h3-5,9,11,15H,6H2,1-2H3. The van der Waals surface area contributed by atoms with Crippen LogP contribution in [0.25, 0.3) is 0 Å². The second kappa shape index (κ2) is 3.65. The molecule has 0 spiro atoms. The van der Waals surface area contributed by atoms with Crippen molar-refractivity contribution < 1.29 is 5.11 Å². The number of hydrogen-bond acceptors (Lipinski definition) is 1. The summed E-state index contributed by atoms with van der Waals surface area (Å²) in [7, 11) is 0. The third-order valence-corrected chi connectivity index (χ3v) is 3.81. The van der Waals surface area contributed by atoms with Crippen molar-refractivity contribution in [3.05, 3.63) is 33.8 Å². The van der Waals surface area contributed by atoms with E-state index in [9.17, 15) is 5.11 Å². The molecule has 1 aliphatic rings. The molecule has 0 radical (unpaired) electrons. The van der Waals surface area contributed by atoms with E-state index in [2.05, 4.69) is 13.8 Å². The van der Waals surface area contributed by atoms with Crippen LogP contribution in [0.5, 0.6) is 0 Å². The molecular weight excluding hydrogens is 231 g/mol. The van der Waals surface area contributed by atoms with Gasteiger partial charge in [0.25, 0.3) is 0 Å². The Labute approximate surface area is 100 Å². The minimum absolute atomic E-state index is 0.238. The highest BCUT2D eigenvalue weighted by atomic mass is 35.5. The van der Waals surface area contributed by atoms with Gasteiger partial charge >= 0.3 is 0 Å². The molecule has 1 saturated carbocycles. The maximum Gasteiger partial charge on any atom is 0.0837 e. The Morgan fingerprint density at radius 3 is 2.47 bits per heavy atom. The molecule has 0 amide bonds. The summed E-state index contributed by atoms with van der Waals surface area (Å²) >= 11 is 11.9. The van der Waals surface area contributed by atoms with Crippen LogP contribution in [-0.4, -0.2) is 5.11 Å². The van der Waals surface area contributed by atoms with Gasteiger partial charge < -0.3 is 5.11 Å². The van der Waals surface area contributed by atoms with Crippen molar-refractivity contribution in [3.63, 3.8) is 0 Å². The van der Waals surface area contributed by atoms with Crippen LogP contribution in [0, 0.1) is 11.3 Å². The Morgan fingerprint density at radius 2 is 2.00 bits per heavy atom. The lowest BCUT2D eigenvalue weighted by Crippen LogP contribution is -2.05. The molecule has 3 heteroatoms. The van der Waals surface area contributed by atoms with Crippen LogP contribution in [0.15, 0.2) is 18.2 Å². The van der Waals surface area contributed by atoms with E-state index in [0.717, 1.165) is 12.0 Å². The maximum absolute atomic E-state index is 10.1. The zero-order valence-corrected chi connectivity index (χ0v) is 10.3. The first-order valence-corrected chi connectivity index (χ1v) is 5.80. The van der Waals surface area contributed by atoms with E-state index in [0.29, 0.717) is 16.0 Å². The van der Waals surface area contributed by atoms with Gasteiger partial charge in [-0.25, -0.2) is 0 Å². The fraction of sp³-hybridized carbons (Fsp3) is 0.500. The lowest BCUT2D eigenvalue weighted by molar-refractivity contribution is 0.138. The van der Waals surface area contributed by atoms with Gasteiger partial charge in [-0.05, 0) is 35.4 Å². The fourth-order valence-electron chi connectivity index (χ4n) is 2.00. The summed E-state index contributed by atoms with van der Waals surface area (Å²) in [6, 6.07) is 5.25. The van der Waals surface area contributed by atoms with E-state index in [1.54, 1.807) is 12.1 Å². The number of hydrogen-bond donors (Lipinski definition) is 1. The van der Waals surface area contributed by atoms with E-state index in [1.807, 2.05) is 6.07 Å². The molecule has 0 heterocycles. The van der Waals surface area contributed by atoms with Gasteiger partial charge in [0.15, 0.2) is 0 Å². The summed E-state index contributed by atoms with van der Waals surface area (Å²) in [4.78, 5) is 0. The molecule has 2 atom stereocenters. The molecule has 1 aromatic rings. The molecule has 0 aromatic heterocycles. The number of halogens is 2. The quantitative estimate of drug-likeness (QED) is 0.832. The minimum Gasteiger partial charge on any atom is -0.388 e. The van der Waals surface area contributed by atoms with Crippen molar-refractivity contribution in [2.75, 3.05) is 0 Å². The summed E-state index contributed by atoms with van der Waals surface area (Å²) in [6.07, 6.45) is 0.581. The highest BCUT2D eigenvalue weighted by Crippen LogP contribution is 2.58. The monoisotopic (exact) mass is 244 g/mol. The largest absolute Gasteiger partial charge is 0.388 e. The minimum atomic E-state index is -0.468. The van der Waals surface area contributed by atoms with E-state index in [-0.39, 0.29) is 5.41 Å². The normalized spacial score (nSPS) is 25.0. The Hall–Kier alpha value is -0.240. The number of aliphatic hydroxyl groups is 1. The summed E-state index contributed by atoms with van der Waals surface area (Å²) in [5.74, 6) is 0.316. The Kier molecular flexibility index (Phi) is 2.74. The second-order valence-corrected chi connectivity index (χ2v) is 5.75. The summed E-state index contributed by atoms with van der Waals surface area (Å²) in [5, 5.41) is 11.3. The molecular formula is C12H14Cl2O. The predicted molar refractivity (Wildman–Crippen MR) is 63.3 cm³/mol. The van der Waals surface area contributed by atoms with Gasteiger partial charge in [-0.3, -0.25) is 0 Å². The van der Waals surface area contributed by atoms with Crippen LogP contribution < -0.4 is 0 Å². The Bertz CT molecular complexity index is 387. The molecule has 82 valence electrons. The van der Waals surface area contributed by atoms with Crippen molar-refractivity contribution in [2.24, 2.45) is 11.3 Å². The third-order valence-electron chi connectivity index (χ3n) is 3.25. The van der Waals surface area contributed by atoms with Gasteiger partial charge in [-0.2, -0.15) is 0 Å². The van der Waals surface area contributed by atoms with Crippen molar-refractivity contribution in [1.82, 2.24) is 0 Å². The molecule has 1 nitrogen and oxygen atoms in total. The molecule has 1 aromatic carbocycles. The van der Waals surface area contributed by atoms with E-state index in [4.69, 9.17) is 23.2 Å². The van der Waals surface area contributed by atoms with Crippen LogP contribution in [0.3, 0.4) is 0 Å². The molecule has 2 rings (SSSR count). The van der Waals surface area contributed by atoms with Gasteiger partial charge in [-0.1, -0.05) is 43.1 Å². The van der Waals surface area contributed by atoms with Crippen LogP contribution in [-0.2, 0) is 0 Å². The summed E-state index contributed by atoms with van der Waals surface area (Å²) in [6.45, 7) is 4.31. The fourth-order valence-corrected chi connectivity index (χ4v) is 2.53. The van der Waals surface area contributed by atoms with Gasteiger partial charge in [0.2, 0.25) is 0 Å². The molecule has 0 aliphatic heterocycles. The lowest BCUT2D eigenvalue weighted by atomic mass is 10.00. The van der Waals surface area contributed by atoms with E-state index < -0.39 is 6.10 Å². The smallest absolute Gasteiger partial charge is 0.0837 e. The maximum atomic E-state index is 10.1. The molecule has 2 unspecified atom stereocenters. The van der Waals surface area contributed by atoms with Crippen LogP contribution in [0.2, 0.25) is 10.0 Å². The lowest BCUT2D eigenvalue weighted by Gasteiger charge is -2.14. The van der Waals surface area contributed by atoms with Gasteiger partial charge in [-0.15, -0.1) is 0 Å².